The molecule has 0 radical (unpaired) electrons. The molecule has 0 spiro atoms. The second-order valence-corrected chi connectivity index (χ2v) is 6.34. The van der Waals surface area contributed by atoms with E-state index in [1.54, 1.807) is 0 Å². The fraction of sp³-hybridized carbons (Fsp3) is 0.800. The van der Waals surface area contributed by atoms with Crippen LogP contribution in [0.3, 0.4) is 0 Å². The van der Waals surface area contributed by atoms with Crippen LogP contribution in [-0.2, 0) is 0 Å². The Balaban J connectivity index is 1.94. The minimum atomic E-state index is 0.319. The number of rotatable bonds is 2. The van der Waals surface area contributed by atoms with Gasteiger partial charge in [-0.15, -0.1) is 0 Å². The van der Waals surface area contributed by atoms with Gasteiger partial charge in [0.2, 0.25) is 0 Å². The van der Waals surface area contributed by atoms with Crippen molar-refractivity contribution in [3.8, 4) is 6.07 Å². The van der Waals surface area contributed by atoms with Gasteiger partial charge in [0.25, 0.3) is 0 Å². The summed E-state index contributed by atoms with van der Waals surface area (Å²) in [4.78, 5) is 0. The molecule has 4 aliphatic rings. The average Bonchev–Trinajstić information content (AvgIpc) is 2.23. The van der Waals surface area contributed by atoms with Gasteiger partial charge < -0.3 is 0 Å². The SMILES string of the molecule is CC/C=C(\C#N)C12CC3CC(CC(C3)C1)C2. The van der Waals surface area contributed by atoms with Gasteiger partial charge in [0.1, 0.15) is 0 Å². The van der Waals surface area contributed by atoms with E-state index in [4.69, 9.17) is 0 Å². The zero-order valence-electron chi connectivity index (χ0n) is 10.2. The highest BCUT2D eigenvalue weighted by Crippen LogP contribution is 2.62. The molecule has 0 aromatic carbocycles. The Kier molecular flexibility index (Phi) is 2.35. The molecule has 4 aliphatic carbocycles. The van der Waals surface area contributed by atoms with E-state index < -0.39 is 0 Å². The third kappa shape index (κ3) is 1.43. The lowest BCUT2D eigenvalue weighted by Crippen LogP contribution is -2.46. The van der Waals surface area contributed by atoms with Crippen LogP contribution in [0.25, 0.3) is 0 Å². The first-order valence-electron chi connectivity index (χ1n) is 6.86. The van der Waals surface area contributed by atoms with Gasteiger partial charge >= 0.3 is 0 Å². The van der Waals surface area contributed by atoms with Gasteiger partial charge in [-0.1, -0.05) is 13.0 Å². The number of nitrogens with zero attached hydrogens (tertiary/aromatic N) is 1. The lowest BCUT2D eigenvalue weighted by atomic mass is 9.48. The van der Waals surface area contributed by atoms with E-state index in [0.29, 0.717) is 5.41 Å². The standard InChI is InChI=1S/C15H21N/c1-2-3-14(10-16)15-7-11-4-12(8-15)6-13(5-11)9-15/h3,11-13H,2,4-9H2,1H3/b14-3+. The Morgan fingerprint density at radius 3 is 2.06 bits per heavy atom. The minimum absolute atomic E-state index is 0.319. The summed E-state index contributed by atoms with van der Waals surface area (Å²) in [7, 11) is 0. The summed E-state index contributed by atoms with van der Waals surface area (Å²) in [5.41, 5.74) is 1.45. The molecule has 4 saturated carbocycles. The summed E-state index contributed by atoms with van der Waals surface area (Å²) in [5, 5.41) is 9.40. The molecular weight excluding hydrogens is 194 g/mol. The van der Waals surface area contributed by atoms with Crippen LogP contribution in [0, 0.1) is 34.5 Å². The molecule has 4 fully saturated rings. The molecule has 1 heteroatoms. The maximum absolute atomic E-state index is 9.40. The van der Waals surface area contributed by atoms with Crippen molar-refractivity contribution in [1.82, 2.24) is 0 Å². The van der Waals surface area contributed by atoms with E-state index in [-0.39, 0.29) is 0 Å². The Morgan fingerprint density at radius 1 is 1.19 bits per heavy atom. The normalized spacial score (nSPS) is 45.8. The molecule has 0 amide bonds. The molecule has 16 heavy (non-hydrogen) atoms. The van der Waals surface area contributed by atoms with Crippen molar-refractivity contribution in [3.05, 3.63) is 11.6 Å². The van der Waals surface area contributed by atoms with E-state index in [0.717, 1.165) is 29.7 Å². The van der Waals surface area contributed by atoms with Crippen LogP contribution >= 0.6 is 0 Å². The van der Waals surface area contributed by atoms with Crippen LogP contribution in [0.4, 0.5) is 0 Å². The van der Waals surface area contributed by atoms with Crippen molar-refractivity contribution in [1.29, 1.82) is 5.26 Å². The van der Waals surface area contributed by atoms with Crippen LogP contribution in [0.2, 0.25) is 0 Å². The first-order chi connectivity index (χ1) is 7.75. The summed E-state index contributed by atoms with van der Waals surface area (Å²) in [6, 6.07) is 2.52. The molecule has 0 heterocycles. The highest BCUT2D eigenvalue weighted by Gasteiger charge is 2.52. The van der Waals surface area contributed by atoms with E-state index in [9.17, 15) is 5.26 Å². The van der Waals surface area contributed by atoms with Crippen molar-refractivity contribution in [2.75, 3.05) is 0 Å². The Hall–Kier alpha value is -0.770. The summed E-state index contributed by atoms with van der Waals surface area (Å²) < 4.78 is 0. The molecule has 0 unspecified atom stereocenters. The van der Waals surface area contributed by atoms with Gasteiger partial charge in [-0.3, -0.25) is 0 Å². The maximum atomic E-state index is 9.40. The van der Waals surface area contributed by atoms with Gasteiger partial charge in [-0.05, 0) is 62.7 Å². The molecule has 0 aliphatic heterocycles. The van der Waals surface area contributed by atoms with E-state index in [1.165, 1.54) is 38.5 Å². The van der Waals surface area contributed by atoms with E-state index >= 15 is 0 Å². The van der Waals surface area contributed by atoms with Gasteiger partial charge in [-0.25, -0.2) is 0 Å². The fourth-order valence-electron chi connectivity index (χ4n) is 5.03. The van der Waals surface area contributed by atoms with Crippen molar-refractivity contribution >= 4 is 0 Å². The van der Waals surface area contributed by atoms with Crippen molar-refractivity contribution in [3.63, 3.8) is 0 Å². The summed E-state index contributed by atoms with van der Waals surface area (Å²) in [6.07, 6.45) is 11.6. The summed E-state index contributed by atoms with van der Waals surface area (Å²) >= 11 is 0. The zero-order chi connectivity index (χ0) is 11.2. The first-order valence-corrected chi connectivity index (χ1v) is 6.86. The molecule has 0 atom stereocenters. The largest absolute Gasteiger partial charge is 0.193 e. The number of hydrogen-bond donors (Lipinski definition) is 0. The predicted molar refractivity (Wildman–Crippen MR) is 64.6 cm³/mol. The maximum Gasteiger partial charge on any atom is 0.0949 e. The second kappa shape index (κ2) is 3.62. The van der Waals surface area contributed by atoms with Crippen LogP contribution in [0.15, 0.2) is 11.6 Å². The smallest absolute Gasteiger partial charge is 0.0949 e. The molecule has 0 aromatic rings. The van der Waals surface area contributed by atoms with Gasteiger partial charge in [0, 0.05) is 11.0 Å². The van der Waals surface area contributed by atoms with Gasteiger partial charge in [-0.2, -0.15) is 5.26 Å². The molecule has 4 bridgehead atoms. The highest BCUT2D eigenvalue weighted by molar-refractivity contribution is 5.32. The molecule has 86 valence electrons. The summed E-state index contributed by atoms with van der Waals surface area (Å²) in [6.45, 7) is 2.15. The number of hydrogen-bond acceptors (Lipinski definition) is 1. The van der Waals surface area contributed by atoms with Crippen molar-refractivity contribution in [2.45, 2.75) is 51.9 Å². The summed E-state index contributed by atoms with van der Waals surface area (Å²) in [5.74, 6) is 2.83. The van der Waals surface area contributed by atoms with Crippen LogP contribution < -0.4 is 0 Å². The first kappa shape index (κ1) is 10.4. The van der Waals surface area contributed by atoms with E-state index in [2.05, 4.69) is 19.1 Å². The Bertz CT molecular complexity index is 323. The Labute approximate surface area is 98.5 Å². The van der Waals surface area contributed by atoms with E-state index in [1.807, 2.05) is 0 Å². The lowest BCUT2D eigenvalue weighted by molar-refractivity contribution is -0.0281. The minimum Gasteiger partial charge on any atom is -0.193 e. The van der Waals surface area contributed by atoms with Crippen molar-refractivity contribution in [2.24, 2.45) is 23.2 Å². The average molecular weight is 215 g/mol. The molecule has 1 nitrogen and oxygen atoms in total. The quantitative estimate of drug-likeness (QED) is 0.637. The van der Waals surface area contributed by atoms with Gasteiger partial charge in [0.15, 0.2) is 0 Å². The highest BCUT2D eigenvalue weighted by atomic mass is 14.6. The monoisotopic (exact) mass is 215 g/mol. The molecule has 0 aromatic heterocycles. The number of nitriles is 1. The van der Waals surface area contributed by atoms with Crippen LogP contribution in [0.5, 0.6) is 0 Å². The fourth-order valence-corrected chi connectivity index (χ4v) is 5.03. The molecular formula is C15H21N. The van der Waals surface area contributed by atoms with Gasteiger partial charge in [0.05, 0.1) is 6.07 Å². The third-order valence-electron chi connectivity index (χ3n) is 5.14. The molecule has 0 N–H and O–H groups in total. The van der Waals surface area contributed by atoms with Crippen LogP contribution in [0.1, 0.15) is 51.9 Å². The van der Waals surface area contributed by atoms with Crippen molar-refractivity contribution < 1.29 is 0 Å². The van der Waals surface area contributed by atoms with Crippen LogP contribution in [-0.4, -0.2) is 0 Å². The third-order valence-corrected chi connectivity index (χ3v) is 5.14. The molecule has 4 rings (SSSR count). The number of allylic oxidation sites excluding steroid dienone is 2. The topological polar surface area (TPSA) is 23.8 Å². The lowest BCUT2D eigenvalue weighted by Gasteiger charge is -2.56. The predicted octanol–water partition coefficient (Wildman–Crippen LogP) is 4.06. The Morgan fingerprint density at radius 2 is 1.69 bits per heavy atom. The zero-order valence-corrected chi connectivity index (χ0v) is 10.2. The second-order valence-electron chi connectivity index (χ2n) is 6.34. The molecule has 0 saturated heterocycles.